The zero-order valence-corrected chi connectivity index (χ0v) is 17.0. The second kappa shape index (κ2) is 7.22. The quantitative estimate of drug-likeness (QED) is 0.512. The largest absolute Gasteiger partial charge is 0.333 e. The Morgan fingerprint density at radius 2 is 1.86 bits per heavy atom. The SMILES string of the molecule is Cc1ccc(-n2c(C)cc(/C=C3/NC(=O)N(c4cccc(Cl)c4)C3=O)c2C)nc1. The average molecular weight is 407 g/mol. The molecule has 0 spiro atoms. The lowest BCUT2D eigenvalue weighted by molar-refractivity contribution is -0.113. The van der Waals surface area contributed by atoms with Gasteiger partial charge in [-0.1, -0.05) is 23.7 Å². The molecule has 0 atom stereocenters. The molecule has 4 rings (SSSR count). The van der Waals surface area contributed by atoms with Gasteiger partial charge >= 0.3 is 6.03 Å². The Labute approximate surface area is 173 Å². The van der Waals surface area contributed by atoms with Crippen molar-refractivity contribution in [3.63, 3.8) is 0 Å². The number of pyridine rings is 1. The van der Waals surface area contributed by atoms with Gasteiger partial charge in [0.05, 0.1) is 5.69 Å². The molecule has 1 saturated heterocycles. The maximum atomic E-state index is 12.9. The summed E-state index contributed by atoms with van der Waals surface area (Å²) in [6, 6.07) is 12.1. The number of rotatable bonds is 3. The summed E-state index contributed by atoms with van der Waals surface area (Å²) >= 11 is 6.00. The molecule has 0 radical (unpaired) electrons. The molecule has 146 valence electrons. The molecule has 1 aliphatic rings. The van der Waals surface area contributed by atoms with Crippen LogP contribution in [0.1, 0.15) is 22.5 Å². The van der Waals surface area contributed by atoms with Crippen LogP contribution in [-0.2, 0) is 4.79 Å². The van der Waals surface area contributed by atoms with Gasteiger partial charge in [-0.3, -0.25) is 4.79 Å². The molecule has 7 heteroatoms. The van der Waals surface area contributed by atoms with E-state index in [-0.39, 0.29) is 5.70 Å². The first kappa shape index (κ1) is 19.0. The Hall–Kier alpha value is -3.38. The van der Waals surface area contributed by atoms with E-state index < -0.39 is 11.9 Å². The monoisotopic (exact) mass is 406 g/mol. The molecule has 2 aromatic heterocycles. The van der Waals surface area contributed by atoms with Crippen molar-refractivity contribution in [3.05, 3.63) is 81.9 Å². The number of aryl methyl sites for hydroxylation is 2. The maximum Gasteiger partial charge on any atom is 0.333 e. The summed E-state index contributed by atoms with van der Waals surface area (Å²) in [5.41, 5.74) is 4.47. The summed E-state index contributed by atoms with van der Waals surface area (Å²) in [4.78, 5) is 30.8. The van der Waals surface area contributed by atoms with Crippen molar-refractivity contribution in [2.75, 3.05) is 4.90 Å². The van der Waals surface area contributed by atoms with E-state index in [1.807, 2.05) is 49.7 Å². The molecule has 3 amide bonds. The third-order valence-electron chi connectivity index (χ3n) is 4.84. The predicted molar refractivity (Wildman–Crippen MR) is 113 cm³/mol. The number of hydrogen-bond donors (Lipinski definition) is 1. The fraction of sp³-hybridized carbons (Fsp3) is 0.136. The molecular weight excluding hydrogens is 388 g/mol. The number of urea groups is 1. The number of aromatic nitrogens is 2. The molecule has 1 N–H and O–H groups in total. The van der Waals surface area contributed by atoms with Crippen molar-refractivity contribution >= 4 is 35.3 Å². The third-order valence-corrected chi connectivity index (χ3v) is 5.07. The average Bonchev–Trinajstić information content (AvgIpc) is 3.11. The van der Waals surface area contributed by atoms with Gasteiger partial charge in [0, 0.05) is 22.6 Å². The summed E-state index contributed by atoms with van der Waals surface area (Å²) in [6.07, 6.45) is 3.51. The van der Waals surface area contributed by atoms with Crippen LogP contribution in [0.2, 0.25) is 5.02 Å². The van der Waals surface area contributed by atoms with Gasteiger partial charge < -0.3 is 9.88 Å². The maximum absolute atomic E-state index is 12.9. The van der Waals surface area contributed by atoms with Gasteiger partial charge in [0.25, 0.3) is 5.91 Å². The van der Waals surface area contributed by atoms with Crippen molar-refractivity contribution in [2.24, 2.45) is 0 Å². The number of nitrogens with one attached hydrogen (secondary N) is 1. The molecular formula is C22H19ClN4O2. The molecule has 0 aliphatic carbocycles. The molecule has 3 aromatic rings. The Balaban J connectivity index is 1.70. The number of halogens is 1. The highest BCUT2D eigenvalue weighted by atomic mass is 35.5. The first-order chi connectivity index (χ1) is 13.8. The standard InChI is InChI=1S/C22H19ClN4O2/c1-13-7-8-20(24-12-13)26-14(2)9-16(15(26)3)10-19-21(28)27(22(29)25-19)18-6-4-5-17(23)11-18/h4-12H,1-3H3,(H,25,29)/b19-10+. The highest BCUT2D eigenvalue weighted by Gasteiger charge is 2.35. The number of nitrogens with zero attached hydrogens (tertiary/aromatic N) is 3. The number of carbonyl (C=O) groups excluding carboxylic acids is 2. The number of anilines is 1. The van der Waals surface area contributed by atoms with Gasteiger partial charge in [0.2, 0.25) is 0 Å². The first-order valence-electron chi connectivity index (χ1n) is 9.10. The van der Waals surface area contributed by atoms with Crippen LogP contribution in [0.5, 0.6) is 0 Å². The van der Waals surface area contributed by atoms with Gasteiger partial charge in [0.1, 0.15) is 11.5 Å². The van der Waals surface area contributed by atoms with Crippen LogP contribution in [0.3, 0.4) is 0 Å². The van der Waals surface area contributed by atoms with Crippen molar-refractivity contribution in [1.29, 1.82) is 0 Å². The first-order valence-corrected chi connectivity index (χ1v) is 9.47. The van der Waals surface area contributed by atoms with Crippen LogP contribution in [0.25, 0.3) is 11.9 Å². The summed E-state index contributed by atoms with van der Waals surface area (Å²) in [7, 11) is 0. The van der Waals surface area contributed by atoms with Crippen LogP contribution in [0, 0.1) is 20.8 Å². The molecule has 0 bridgehead atoms. The second-order valence-electron chi connectivity index (χ2n) is 6.96. The van der Waals surface area contributed by atoms with Gasteiger partial charge in [-0.15, -0.1) is 0 Å². The van der Waals surface area contributed by atoms with Gasteiger partial charge in [0.15, 0.2) is 0 Å². The summed E-state index contributed by atoms with van der Waals surface area (Å²) < 4.78 is 2.02. The number of imide groups is 1. The van der Waals surface area contributed by atoms with Crippen LogP contribution in [0.15, 0.2) is 54.4 Å². The molecule has 0 saturated carbocycles. The van der Waals surface area contributed by atoms with Crippen LogP contribution in [0.4, 0.5) is 10.5 Å². The van der Waals surface area contributed by atoms with Crippen LogP contribution < -0.4 is 10.2 Å². The number of benzene rings is 1. The highest BCUT2D eigenvalue weighted by molar-refractivity contribution is 6.32. The molecule has 0 unspecified atom stereocenters. The van der Waals surface area contributed by atoms with E-state index in [2.05, 4.69) is 10.3 Å². The van der Waals surface area contributed by atoms with Crippen molar-refractivity contribution in [1.82, 2.24) is 14.9 Å². The fourth-order valence-corrected chi connectivity index (χ4v) is 3.60. The Morgan fingerprint density at radius 3 is 2.55 bits per heavy atom. The molecule has 1 aliphatic heterocycles. The van der Waals surface area contributed by atoms with E-state index in [1.54, 1.807) is 30.3 Å². The number of amides is 3. The predicted octanol–water partition coefficient (Wildman–Crippen LogP) is 4.55. The van der Waals surface area contributed by atoms with Crippen LogP contribution in [-0.4, -0.2) is 21.5 Å². The number of hydrogen-bond acceptors (Lipinski definition) is 3. The van der Waals surface area contributed by atoms with Gasteiger partial charge in [-0.05, 0) is 68.3 Å². The number of carbonyl (C=O) groups is 2. The Bertz CT molecular complexity index is 1160. The lowest BCUT2D eigenvalue weighted by Gasteiger charge is -2.11. The van der Waals surface area contributed by atoms with E-state index in [0.29, 0.717) is 10.7 Å². The van der Waals surface area contributed by atoms with E-state index in [1.165, 1.54) is 0 Å². The van der Waals surface area contributed by atoms with Crippen molar-refractivity contribution in [3.8, 4) is 5.82 Å². The Morgan fingerprint density at radius 1 is 1.07 bits per heavy atom. The summed E-state index contributed by atoms with van der Waals surface area (Å²) in [5, 5.41) is 3.11. The Kier molecular flexibility index (Phi) is 4.72. The fourth-order valence-electron chi connectivity index (χ4n) is 3.42. The van der Waals surface area contributed by atoms with Crippen molar-refractivity contribution < 1.29 is 9.59 Å². The van der Waals surface area contributed by atoms with Gasteiger partial charge in [-0.25, -0.2) is 14.7 Å². The van der Waals surface area contributed by atoms with Crippen molar-refractivity contribution in [2.45, 2.75) is 20.8 Å². The normalized spacial score (nSPS) is 15.3. The lowest BCUT2D eigenvalue weighted by atomic mass is 10.2. The molecule has 6 nitrogen and oxygen atoms in total. The zero-order valence-electron chi connectivity index (χ0n) is 16.2. The molecule has 3 heterocycles. The van der Waals surface area contributed by atoms with Gasteiger partial charge in [-0.2, -0.15) is 0 Å². The van der Waals surface area contributed by atoms with E-state index in [9.17, 15) is 9.59 Å². The van der Waals surface area contributed by atoms with E-state index >= 15 is 0 Å². The topological polar surface area (TPSA) is 67.2 Å². The minimum absolute atomic E-state index is 0.215. The smallest absolute Gasteiger partial charge is 0.303 e. The molecule has 1 aromatic carbocycles. The highest BCUT2D eigenvalue weighted by Crippen LogP contribution is 2.27. The third kappa shape index (κ3) is 3.43. The van der Waals surface area contributed by atoms with E-state index in [0.717, 1.165) is 33.2 Å². The zero-order chi connectivity index (χ0) is 20.7. The minimum atomic E-state index is -0.502. The second-order valence-corrected chi connectivity index (χ2v) is 7.40. The summed E-state index contributed by atoms with van der Waals surface area (Å²) in [6.45, 7) is 5.92. The molecule has 1 fully saturated rings. The lowest BCUT2D eigenvalue weighted by Crippen LogP contribution is -2.30. The van der Waals surface area contributed by atoms with E-state index in [4.69, 9.17) is 11.6 Å². The minimum Gasteiger partial charge on any atom is -0.303 e. The molecule has 29 heavy (non-hydrogen) atoms. The summed E-state index contributed by atoms with van der Waals surface area (Å²) in [5.74, 6) is 0.383. The van der Waals surface area contributed by atoms with Crippen LogP contribution >= 0.6 is 11.6 Å².